The van der Waals surface area contributed by atoms with Crippen LogP contribution in [0.1, 0.15) is 0 Å². The molecule has 4 nitrogen and oxygen atoms in total. The fourth-order valence-corrected chi connectivity index (χ4v) is 2.03. The average molecular weight is 223 g/mol. The fourth-order valence-electron chi connectivity index (χ4n) is 1.29. The Morgan fingerprint density at radius 3 is 2.54 bits per heavy atom. The van der Waals surface area contributed by atoms with E-state index in [1.807, 2.05) is 0 Å². The monoisotopic (exact) mass is 222 g/mol. The number of rotatable bonds is 2. The van der Waals surface area contributed by atoms with Crippen molar-refractivity contribution in [2.45, 2.75) is 0 Å². The van der Waals surface area contributed by atoms with Crippen LogP contribution in [0.2, 0.25) is 0 Å². The standard InChI is InChI=1S/C7H10N2O2S.ClH/c10-6-4-12-7(11)9(6)3-5-1-8-2-5;/h5,8H,1-4H2;1H. The van der Waals surface area contributed by atoms with E-state index in [0.29, 0.717) is 18.2 Å². The Morgan fingerprint density at radius 1 is 1.46 bits per heavy atom. The maximum Gasteiger partial charge on any atom is 0.288 e. The second-order valence-corrected chi connectivity index (χ2v) is 4.01. The van der Waals surface area contributed by atoms with Gasteiger partial charge in [0.25, 0.3) is 5.24 Å². The van der Waals surface area contributed by atoms with E-state index in [0.717, 1.165) is 24.9 Å². The Balaban J connectivity index is 0.000000845. The summed E-state index contributed by atoms with van der Waals surface area (Å²) in [4.78, 5) is 23.6. The molecule has 2 amide bonds. The SMILES string of the molecule is Cl.O=C1CSC(=O)N1CC1CNC1. The topological polar surface area (TPSA) is 49.4 Å². The van der Waals surface area contributed by atoms with Gasteiger partial charge in [-0.25, -0.2) is 0 Å². The third kappa shape index (κ3) is 2.15. The molecular weight excluding hydrogens is 212 g/mol. The number of halogens is 1. The Bertz CT molecular complexity index is 217. The van der Waals surface area contributed by atoms with E-state index in [4.69, 9.17) is 0 Å². The molecule has 2 fully saturated rings. The highest BCUT2D eigenvalue weighted by molar-refractivity contribution is 8.14. The van der Waals surface area contributed by atoms with Crippen LogP contribution in [-0.2, 0) is 4.79 Å². The molecule has 2 saturated heterocycles. The molecule has 2 aliphatic heterocycles. The molecule has 74 valence electrons. The number of amides is 2. The molecule has 0 radical (unpaired) electrons. The van der Waals surface area contributed by atoms with E-state index in [1.165, 1.54) is 4.90 Å². The number of imide groups is 1. The minimum Gasteiger partial charge on any atom is -0.316 e. The number of hydrogen-bond donors (Lipinski definition) is 1. The van der Waals surface area contributed by atoms with E-state index in [2.05, 4.69) is 5.32 Å². The summed E-state index contributed by atoms with van der Waals surface area (Å²) in [5.41, 5.74) is 0. The van der Waals surface area contributed by atoms with Gasteiger partial charge in [0.2, 0.25) is 5.91 Å². The molecule has 0 aromatic rings. The van der Waals surface area contributed by atoms with E-state index >= 15 is 0 Å². The first-order valence-corrected chi connectivity index (χ1v) is 4.94. The second kappa shape index (κ2) is 4.30. The number of nitrogens with zero attached hydrogens (tertiary/aromatic N) is 1. The van der Waals surface area contributed by atoms with Gasteiger partial charge >= 0.3 is 0 Å². The lowest BCUT2D eigenvalue weighted by atomic mass is 10.0. The molecule has 0 spiro atoms. The normalized spacial score (nSPS) is 22.9. The van der Waals surface area contributed by atoms with Gasteiger partial charge in [0.15, 0.2) is 0 Å². The van der Waals surface area contributed by atoms with Crippen molar-refractivity contribution in [2.24, 2.45) is 5.92 Å². The van der Waals surface area contributed by atoms with E-state index in [9.17, 15) is 9.59 Å². The molecule has 2 aliphatic rings. The molecule has 1 N–H and O–H groups in total. The summed E-state index contributed by atoms with van der Waals surface area (Å²) in [5.74, 6) is 0.785. The van der Waals surface area contributed by atoms with Gasteiger partial charge in [-0.1, -0.05) is 11.8 Å². The first kappa shape index (κ1) is 10.8. The van der Waals surface area contributed by atoms with Crippen LogP contribution in [0.15, 0.2) is 0 Å². The zero-order chi connectivity index (χ0) is 8.55. The third-order valence-corrected chi connectivity index (χ3v) is 3.01. The summed E-state index contributed by atoms with van der Waals surface area (Å²) in [6.45, 7) is 2.47. The van der Waals surface area contributed by atoms with Gasteiger partial charge < -0.3 is 5.32 Å². The van der Waals surface area contributed by atoms with Crippen LogP contribution in [0, 0.1) is 5.92 Å². The van der Waals surface area contributed by atoms with E-state index in [1.54, 1.807) is 0 Å². The Kier molecular flexibility index (Phi) is 3.58. The zero-order valence-electron chi connectivity index (χ0n) is 6.99. The maximum absolute atomic E-state index is 11.1. The Labute approximate surface area is 86.8 Å². The van der Waals surface area contributed by atoms with Crippen molar-refractivity contribution >= 4 is 35.3 Å². The van der Waals surface area contributed by atoms with Crippen molar-refractivity contribution in [1.82, 2.24) is 10.2 Å². The number of nitrogens with one attached hydrogen (secondary N) is 1. The van der Waals surface area contributed by atoms with Crippen LogP contribution < -0.4 is 5.32 Å². The van der Waals surface area contributed by atoms with Gasteiger partial charge in [0.1, 0.15) is 0 Å². The summed E-state index contributed by atoms with van der Waals surface area (Å²) in [5, 5.41) is 3.03. The number of carbonyl (C=O) groups is 2. The summed E-state index contributed by atoms with van der Waals surface area (Å²) in [6.07, 6.45) is 0. The molecule has 0 bridgehead atoms. The van der Waals surface area contributed by atoms with Crippen LogP contribution in [0.4, 0.5) is 4.79 Å². The maximum atomic E-state index is 11.1. The zero-order valence-corrected chi connectivity index (χ0v) is 8.62. The Morgan fingerprint density at radius 2 is 2.15 bits per heavy atom. The molecule has 0 aromatic carbocycles. The number of hydrogen-bond acceptors (Lipinski definition) is 4. The van der Waals surface area contributed by atoms with Gasteiger partial charge in [0.05, 0.1) is 5.75 Å². The summed E-state index contributed by atoms with van der Waals surface area (Å²) in [7, 11) is 0. The van der Waals surface area contributed by atoms with Gasteiger partial charge in [-0.2, -0.15) is 0 Å². The van der Waals surface area contributed by atoms with Crippen LogP contribution in [0.3, 0.4) is 0 Å². The minimum atomic E-state index is -0.0769. The molecule has 6 heteroatoms. The predicted octanol–water partition coefficient (Wildman–Crippen LogP) is 0.323. The molecule has 0 aromatic heterocycles. The van der Waals surface area contributed by atoms with Crippen molar-refractivity contribution in [3.05, 3.63) is 0 Å². The second-order valence-electron chi connectivity index (χ2n) is 3.08. The van der Waals surface area contributed by atoms with Crippen molar-refractivity contribution in [2.75, 3.05) is 25.4 Å². The fraction of sp³-hybridized carbons (Fsp3) is 0.714. The van der Waals surface area contributed by atoms with Crippen molar-refractivity contribution in [3.8, 4) is 0 Å². The highest BCUT2D eigenvalue weighted by Gasteiger charge is 2.33. The smallest absolute Gasteiger partial charge is 0.288 e. The molecule has 0 saturated carbocycles. The van der Waals surface area contributed by atoms with E-state index in [-0.39, 0.29) is 23.6 Å². The van der Waals surface area contributed by atoms with Gasteiger partial charge in [-0.15, -0.1) is 12.4 Å². The molecule has 2 heterocycles. The summed E-state index contributed by atoms with van der Waals surface area (Å²) in [6, 6.07) is 0. The molecule has 0 unspecified atom stereocenters. The number of carbonyl (C=O) groups excluding carboxylic acids is 2. The first-order chi connectivity index (χ1) is 5.77. The average Bonchev–Trinajstić information content (AvgIpc) is 2.25. The summed E-state index contributed by atoms with van der Waals surface area (Å²) < 4.78 is 0. The van der Waals surface area contributed by atoms with Crippen molar-refractivity contribution < 1.29 is 9.59 Å². The van der Waals surface area contributed by atoms with Gasteiger partial charge in [-0.05, 0) is 0 Å². The van der Waals surface area contributed by atoms with E-state index < -0.39 is 0 Å². The van der Waals surface area contributed by atoms with Gasteiger partial charge in [-0.3, -0.25) is 14.5 Å². The Hall–Kier alpha value is -0.260. The third-order valence-electron chi connectivity index (χ3n) is 2.15. The molecule has 13 heavy (non-hydrogen) atoms. The minimum absolute atomic E-state index is 0. The summed E-state index contributed by atoms with van der Waals surface area (Å²) >= 11 is 1.11. The van der Waals surface area contributed by atoms with Crippen LogP contribution >= 0.6 is 24.2 Å². The van der Waals surface area contributed by atoms with Crippen LogP contribution in [0.5, 0.6) is 0 Å². The lowest BCUT2D eigenvalue weighted by Crippen LogP contribution is -2.49. The molecule has 2 rings (SSSR count). The lowest BCUT2D eigenvalue weighted by molar-refractivity contribution is -0.125. The molecule has 0 atom stereocenters. The quantitative estimate of drug-likeness (QED) is 0.732. The van der Waals surface area contributed by atoms with Crippen LogP contribution in [0.25, 0.3) is 0 Å². The number of thioether (sulfide) groups is 1. The largest absolute Gasteiger partial charge is 0.316 e. The lowest BCUT2D eigenvalue weighted by Gasteiger charge is -2.29. The molecular formula is C7H11ClN2O2S. The predicted molar refractivity (Wildman–Crippen MR) is 53.2 cm³/mol. The molecule has 0 aliphatic carbocycles. The highest BCUT2D eigenvalue weighted by atomic mass is 35.5. The van der Waals surface area contributed by atoms with Crippen molar-refractivity contribution in [3.63, 3.8) is 0 Å². The van der Waals surface area contributed by atoms with Gasteiger partial charge in [0, 0.05) is 25.6 Å². The van der Waals surface area contributed by atoms with Crippen molar-refractivity contribution in [1.29, 1.82) is 0 Å². The van der Waals surface area contributed by atoms with Crippen LogP contribution in [-0.4, -0.2) is 41.4 Å². The first-order valence-electron chi connectivity index (χ1n) is 3.95. The highest BCUT2D eigenvalue weighted by Crippen LogP contribution is 2.20.